The molecule has 1 aliphatic carbocycles. The average molecular weight is 264 g/mol. The molecule has 0 aliphatic heterocycles. The molecule has 2 atom stereocenters. The highest BCUT2D eigenvalue weighted by molar-refractivity contribution is 8.00. The Balaban J connectivity index is 2.36. The second-order valence-corrected chi connectivity index (χ2v) is 5.58. The standard InChI is InChI=1S/C10H16O4S2/c1-6(4-15)10(13)14-8(9(11)12)5-16-7-2-3-7/h6-8,15H,2-5H2,1H3,(H,11,12)/t6-,8+/m1/s1. The van der Waals surface area contributed by atoms with Gasteiger partial charge in [-0.25, -0.2) is 4.79 Å². The molecule has 1 fully saturated rings. The van der Waals surface area contributed by atoms with Crippen LogP contribution in [0.2, 0.25) is 0 Å². The third-order valence-corrected chi connectivity index (χ3v) is 4.20. The van der Waals surface area contributed by atoms with E-state index in [2.05, 4.69) is 12.6 Å². The van der Waals surface area contributed by atoms with Crippen LogP contribution in [0, 0.1) is 5.92 Å². The quantitative estimate of drug-likeness (QED) is 0.538. The first kappa shape index (κ1) is 13.7. The number of thioether (sulfide) groups is 1. The summed E-state index contributed by atoms with van der Waals surface area (Å²) >= 11 is 5.53. The molecule has 0 aromatic heterocycles. The molecule has 1 saturated carbocycles. The van der Waals surface area contributed by atoms with Crippen LogP contribution in [-0.4, -0.2) is 39.9 Å². The second kappa shape index (κ2) is 6.39. The van der Waals surface area contributed by atoms with Crippen molar-refractivity contribution >= 4 is 36.3 Å². The van der Waals surface area contributed by atoms with E-state index in [-0.39, 0.29) is 5.92 Å². The Morgan fingerprint density at radius 1 is 1.56 bits per heavy atom. The summed E-state index contributed by atoms with van der Waals surface area (Å²) in [5, 5.41) is 9.46. The molecular weight excluding hydrogens is 248 g/mol. The van der Waals surface area contributed by atoms with Crippen molar-refractivity contribution in [1.82, 2.24) is 0 Å². The minimum Gasteiger partial charge on any atom is -0.478 e. The molecule has 4 nitrogen and oxygen atoms in total. The van der Waals surface area contributed by atoms with Gasteiger partial charge in [-0.05, 0) is 12.8 Å². The maximum Gasteiger partial charge on any atom is 0.345 e. The van der Waals surface area contributed by atoms with Gasteiger partial charge in [-0.2, -0.15) is 24.4 Å². The first-order chi connectivity index (χ1) is 7.54. The van der Waals surface area contributed by atoms with E-state index in [0.717, 1.165) is 12.8 Å². The summed E-state index contributed by atoms with van der Waals surface area (Å²) < 4.78 is 4.93. The van der Waals surface area contributed by atoms with E-state index in [4.69, 9.17) is 9.84 Å². The van der Waals surface area contributed by atoms with Crippen molar-refractivity contribution in [2.45, 2.75) is 31.1 Å². The number of thiol groups is 1. The maximum atomic E-state index is 11.4. The van der Waals surface area contributed by atoms with E-state index in [1.165, 1.54) is 0 Å². The predicted molar refractivity (Wildman–Crippen MR) is 66.0 cm³/mol. The Hall–Kier alpha value is -0.360. The first-order valence-corrected chi connectivity index (χ1v) is 6.88. The van der Waals surface area contributed by atoms with Crippen molar-refractivity contribution in [3.8, 4) is 0 Å². The molecule has 0 bridgehead atoms. The van der Waals surface area contributed by atoms with Gasteiger partial charge in [0.2, 0.25) is 6.10 Å². The topological polar surface area (TPSA) is 63.6 Å². The van der Waals surface area contributed by atoms with E-state index < -0.39 is 18.0 Å². The van der Waals surface area contributed by atoms with E-state index in [0.29, 0.717) is 16.8 Å². The molecule has 1 N–H and O–H groups in total. The molecule has 0 aromatic carbocycles. The Morgan fingerprint density at radius 2 is 2.19 bits per heavy atom. The fourth-order valence-corrected chi connectivity index (χ4v) is 2.22. The lowest BCUT2D eigenvalue weighted by atomic mass is 10.2. The number of rotatable bonds is 7. The molecule has 16 heavy (non-hydrogen) atoms. The Kier molecular flexibility index (Phi) is 5.48. The van der Waals surface area contributed by atoms with Crippen molar-refractivity contribution in [1.29, 1.82) is 0 Å². The van der Waals surface area contributed by atoms with Gasteiger partial charge in [-0.3, -0.25) is 4.79 Å². The number of carbonyl (C=O) groups excluding carboxylic acids is 1. The van der Waals surface area contributed by atoms with E-state index >= 15 is 0 Å². The van der Waals surface area contributed by atoms with Crippen LogP contribution in [0.1, 0.15) is 19.8 Å². The van der Waals surface area contributed by atoms with Gasteiger partial charge in [0.05, 0.1) is 5.92 Å². The molecule has 0 unspecified atom stereocenters. The summed E-state index contributed by atoms with van der Waals surface area (Å²) in [5.74, 6) is -1.23. The summed E-state index contributed by atoms with van der Waals surface area (Å²) in [4.78, 5) is 22.3. The lowest BCUT2D eigenvalue weighted by Crippen LogP contribution is -2.32. The molecule has 0 heterocycles. The van der Waals surface area contributed by atoms with Gasteiger partial charge in [0, 0.05) is 16.8 Å². The number of hydrogen-bond donors (Lipinski definition) is 2. The second-order valence-electron chi connectivity index (χ2n) is 3.88. The molecule has 92 valence electrons. The van der Waals surface area contributed by atoms with Crippen molar-refractivity contribution in [2.75, 3.05) is 11.5 Å². The third-order valence-electron chi connectivity index (χ3n) is 2.22. The van der Waals surface area contributed by atoms with Crippen LogP contribution in [-0.2, 0) is 14.3 Å². The molecule has 0 radical (unpaired) electrons. The highest BCUT2D eigenvalue weighted by Crippen LogP contribution is 2.34. The van der Waals surface area contributed by atoms with E-state index in [1.54, 1.807) is 18.7 Å². The summed E-state index contributed by atoms with van der Waals surface area (Å²) in [7, 11) is 0. The molecule has 0 saturated heterocycles. The number of carboxylic acid groups (broad SMARTS) is 1. The van der Waals surface area contributed by atoms with E-state index in [9.17, 15) is 9.59 Å². The van der Waals surface area contributed by atoms with Gasteiger partial charge in [0.1, 0.15) is 0 Å². The Bertz CT molecular complexity index is 266. The minimum absolute atomic E-state index is 0.338. The molecule has 0 amide bonds. The fraction of sp³-hybridized carbons (Fsp3) is 0.800. The van der Waals surface area contributed by atoms with Crippen LogP contribution in [0.15, 0.2) is 0 Å². The fourth-order valence-electron chi connectivity index (χ4n) is 0.945. The molecular formula is C10H16O4S2. The van der Waals surface area contributed by atoms with Crippen LogP contribution in [0.25, 0.3) is 0 Å². The highest BCUT2D eigenvalue weighted by Gasteiger charge is 2.29. The summed E-state index contributed by atoms with van der Waals surface area (Å²) in [5.41, 5.74) is 0. The van der Waals surface area contributed by atoms with Gasteiger partial charge >= 0.3 is 11.9 Å². The lowest BCUT2D eigenvalue weighted by molar-refractivity contribution is -0.164. The van der Waals surface area contributed by atoms with Gasteiger partial charge in [0.15, 0.2) is 0 Å². The van der Waals surface area contributed by atoms with E-state index in [1.807, 2.05) is 0 Å². The van der Waals surface area contributed by atoms with Crippen LogP contribution in [0.4, 0.5) is 0 Å². The van der Waals surface area contributed by atoms with Crippen molar-refractivity contribution < 1.29 is 19.4 Å². The average Bonchev–Trinajstić information content (AvgIpc) is 3.05. The largest absolute Gasteiger partial charge is 0.478 e. The van der Waals surface area contributed by atoms with Gasteiger partial charge in [-0.1, -0.05) is 6.92 Å². The summed E-state index contributed by atoms with van der Waals surface area (Å²) in [6, 6.07) is 0. The molecule has 6 heteroatoms. The monoisotopic (exact) mass is 264 g/mol. The maximum absolute atomic E-state index is 11.4. The summed E-state index contributed by atoms with van der Waals surface area (Å²) in [6.07, 6.45) is 1.25. The van der Waals surface area contributed by atoms with Crippen LogP contribution in [0.5, 0.6) is 0 Å². The normalized spacial score (nSPS) is 18.9. The lowest BCUT2D eigenvalue weighted by Gasteiger charge is -2.15. The Morgan fingerprint density at radius 3 is 2.62 bits per heavy atom. The number of carbonyl (C=O) groups is 2. The predicted octanol–water partition coefficient (Wildman–Crippen LogP) is 1.44. The Labute approximate surface area is 105 Å². The van der Waals surface area contributed by atoms with Crippen LogP contribution < -0.4 is 0 Å². The summed E-state index contributed by atoms with van der Waals surface area (Å²) in [6.45, 7) is 1.67. The number of carboxylic acids is 1. The number of hydrogen-bond acceptors (Lipinski definition) is 5. The molecule has 1 aliphatic rings. The third kappa shape index (κ3) is 4.65. The molecule has 1 rings (SSSR count). The smallest absolute Gasteiger partial charge is 0.345 e. The van der Waals surface area contributed by atoms with Crippen molar-refractivity contribution in [3.63, 3.8) is 0 Å². The minimum atomic E-state index is -1.08. The van der Waals surface area contributed by atoms with Crippen LogP contribution in [0.3, 0.4) is 0 Å². The SMILES string of the molecule is C[C@H](CS)C(=O)O[C@@H](CSC1CC1)C(=O)O. The van der Waals surface area contributed by atoms with Crippen molar-refractivity contribution in [2.24, 2.45) is 5.92 Å². The van der Waals surface area contributed by atoms with Gasteiger partial charge in [0.25, 0.3) is 0 Å². The van der Waals surface area contributed by atoms with Gasteiger partial charge < -0.3 is 9.84 Å². The van der Waals surface area contributed by atoms with Crippen LogP contribution >= 0.6 is 24.4 Å². The number of ether oxygens (including phenoxy) is 1. The van der Waals surface area contributed by atoms with Crippen molar-refractivity contribution in [3.05, 3.63) is 0 Å². The van der Waals surface area contributed by atoms with Gasteiger partial charge in [-0.15, -0.1) is 0 Å². The molecule has 0 aromatic rings. The highest BCUT2D eigenvalue weighted by atomic mass is 32.2. The zero-order chi connectivity index (χ0) is 12.1. The number of esters is 1. The molecule has 0 spiro atoms. The zero-order valence-electron chi connectivity index (χ0n) is 9.09. The first-order valence-electron chi connectivity index (χ1n) is 5.20. The zero-order valence-corrected chi connectivity index (χ0v) is 10.8. The number of aliphatic carboxylic acids is 1.